The number of aryl methyl sites for hydroxylation is 2. The van der Waals surface area contributed by atoms with E-state index in [2.05, 4.69) is 47.2 Å². The third-order valence-electron chi connectivity index (χ3n) is 3.35. The molecule has 3 nitrogen and oxygen atoms in total. The summed E-state index contributed by atoms with van der Waals surface area (Å²) in [6.45, 7) is 7.75. The lowest BCUT2D eigenvalue weighted by Gasteiger charge is -2.15. The van der Waals surface area contributed by atoms with Crippen LogP contribution in [0.2, 0.25) is 0 Å². The SMILES string of the molecule is CCc1ccc(-c2cc(C)nc(C(C)(C)C#N)n2)cc1. The maximum atomic E-state index is 9.24. The molecule has 0 N–H and O–H groups in total. The molecule has 0 saturated heterocycles. The molecule has 2 rings (SSSR count). The Morgan fingerprint density at radius 3 is 2.35 bits per heavy atom. The molecule has 0 spiro atoms. The summed E-state index contributed by atoms with van der Waals surface area (Å²) in [6.07, 6.45) is 1.02. The van der Waals surface area contributed by atoms with E-state index in [1.165, 1.54) is 5.56 Å². The van der Waals surface area contributed by atoms with Crippen LogP contribution in [0.5, 0.6) is 0 Å². The summed E-state index contributed by atoms with van der Waals surface area (Å²) in [7, 11) is 0. The Balaban J connectivity index is 2.49. The molecule has 102 valence electrons. The van der Waals surface area contributed by atoms with Gasteiger partial charge in [-0.05, 0) is 38.8 Å². The second-order valence-corrected chi connectivity index (χ2v) is 5.51. The quantitative estimate of drug-likeness (QED) is 0.847. The van der Waals surface area contributed by atoms with Gasteiger partial charge in [-0.25, -0.2) is 9.97 Å². The van der Waals surface area contributed by atoms with Crippen LogP contribution in [0.25, 0.3) is 11.3 Å². The molecule has 0 aliphatic rings. The van der Waals surface area contributed by atoms with Gasteiger partial charge in [0.2, 0.25) is 0 Å². The molecule has 0 unspecified atom stereocenters. The summed E-state index contributed by atoms with van der Waals surface area (Å²) in [6, 6.07) is 12.6. The first-order chi connectivity index (χ1) is 9.46. The third-order valence-corrected chi connectivity index (χ3v) is 3.35. The van der Waals surface area contributed by atoms with Crippen LogP contribution in [0.3, 0.4) is 0 Å². The highest BCUT2D eigenvalue weighted by atomic mass is 14.9. The number of hydrogen-bond acceptors (Lipinski definition) is 3. The molecule has 0 aliphatic carbocycles. The van der Waals surface area contributed by atoms with Gasteiger partial charge in [-0.15, -0.1) is 0 Å². The molecule has 3 heteroatoms. The van der Waals surface area contributed by atoms with Crippen molar-refractivity contribution in [2.24, 2.45) is 0 Å². The van der Waals surface area contributed by atoms with Crippen molar-refractivity contribution in [2.75, 3.05) is 0 Å². The van der Waals surface area contributed by atoms with Crippen LogP contribution >= 0.6 is 0 Å². The van der Waals surface area contributed by atoms with E-state index in [0.717, 1.165) is 23.4 Å². The van der Waals surface area contributed by atoms with Crippen LogP contribution in [0, 0.1) is 18.3 Å². The van der Waals surface area contributed by atoms with Gasteiger partial charge < -0.3 is 0 Å². The van der Waals surface area contributed by atoms with Crippen LogP contribution < -0.4 is 0 Å². The average Bonchev–Trinajstić information content (AvgIpc) is 2.46. The van der Waals surface area contributed by atoms with Crippen LogP contribution in [-0.2, 0) is 11.8 Å². The molecule has 0 amide bonds. The topological polar surface area (TPSA) is 49.6 Å². The Bertz CT molecular complexity index is 649. The fourth-order valence-electron chi connectivity index (χ4n) is 1.96. The van der Waals surface area contributed by atoms with Crippen LogP contribution in [0.4, 0.5) is 0 Å². The molecule has 2 aromatic rings. The second-order valence-electron chi connectivity index (χ2n) is 5.51. The highest BCUT2D eigenvalue weighted by molar-refractivity contribution is 5.60. The minimum absolute atomic E-state index is 0.578. The van der Waals surface area contributed by atoms with Gasteiger partial charge in [0.15, 0.2) is 0 Å². The second kappa shape index (κ2) is 5.42. The van der Waals surface area contributed by atoms with Crippen molar-refractivity contribution in [3.05, 3.63) is 47.4 Å². The standard InChI is InChI=1S/C17H19N3/c1-5-13-6-8-14(9-7-13)15-10-12(2)19-16(20-15)17(3,4)11-18/h6-10H,5H2,1-4H3. The van der Waals surface area contributed by atoms with Crippen molar-refractivity contribution in [1.29, 1.82) is 5.26 Å². The monoisotopic (exact) mass is 265 g/mol. The Labute approximate surface area is 120 Å². The van der Waals surface area contributed by atoms with Crippen LogP contribution in [-0.4, -0.2) is 9.97 Å². The Morgan fingerprint density at radius 1 is 1.15 bits per heavy atom. The van der Waals surface area contributed by atoms with Crippen molar-refractivity contribution in [3.63, 3.8) is 0 Å². The van der Waals surface area contributed by atoms with Gasteiger partial charge in [0.25, 0.3) is 0 Å². The third kappa shape index (κ3) is 2.85. The van der Waals surface area contributed by atoms with Gasteiger partial charge in [-0.1, -0.05) is 31.2 Å². The van der Waals surface area contributed by atoms with E-state index in [1.807, 2.05) is 26.8 Å². The molecule has 0 saturated carbocycles. The van der Waals surface area contributed by atoms with Crippen molar-refractivity contribution in [1.82, 2.24) is 9.97 Å². The molecule has 1 heterocycles. The Morgan fingerprint density at radius 2 is 1.80 bits per heavy atom. The Hall–Kier alpha value is -2.21. The lowest BCUT2D eigenvalue weighted by molar-refractivity contribution is 0.626. The zero-order valence-electron chi connectivity index (χ0n) is 12.4. The molecule has 1 aromatic carbocycles. The smallest absolute Gasteiger partial charge is 0.148 e. The van der Waals surface area contributed by atoms with Crippen molar-refractivity contribution in [2.45, 2.75) is 39.5 Å². The molecule has 0 radical (unpaired) electrons. The van der Waals surface area contributed by atoms with Crippen LogP contribution in [0.1, 0.15) is 37.9 Å². The van der Waals surface area contributed by atoms with Gasteiger partial charge >= 0.3 is 0 Å². The van der Waals surface area contributed by atoms with E-state index in [0.29, 0.717) is 5.82 Å². The highest BCUT2D eigenvalue weighted by Gasteiger charge is 2.24. The minimum atomic E-state index is -0.676. The number of hydrogen-bond donors (Lipinski definition) is 0. The maximum Gasteiger partial charge on any atom is 0.148 e. The number of benzene rings is 1. The van der Waals surface area contributed by atoms with E-state index < -0.39 is 5.41 Å². The minimum Gasteiger partial charge on any atom is -0.236 e. The van der Waals surface area contributed by atoms with Gasteiger partial charge in [0.05, 0.1) is 11.8 Å². The van der Waals surface area contributed by atoms with E-state index in [-0.39, 0.29) is 0 Å². The van der Waals surface area contributed by atoms with Crippen molar-refractivity contribution >= 4 is 0 Å². The fourth-order valence-corrected chi connectivity index (χ4v) is 1.96. The zero-order chi connectivity index (χ0) is 14.8. The number of rotatable bonds is 3. The molecule has 20 heavy (non-hydrogen) atoms. The molecular formula is C17H19N3. The average molecular weight is 265 g/mol. The summed E-state index contributed by atoms with van der Waals surface area (Å²) in [5.74, 6) is 0.578. The van der Waals surface area contributed by atoms with Crippen molar-refractivity contribution < 1.29 is 0 Å². The van der Waals surface area contributed by atoms with Gasteiger partial charge in [-0.2, -0.15) is 5.26 Å². The number of nitrogens with zero attached hydrogens (tertiary/aromatic N) is 3. The molecule has 0 aliphatic heterocycles. The molecular weight excluding hydrogens is 246 g/mol. The number of nitriles is 1. The summed E-state index contributed by atoms with van der Waals surface area (Å²) in [5, 5.41) is 9.24. The zero-order valence-corrected chi connectivity index (χ0v) is 12.4. The van der Waals surface area contributed by atoms with Crippen molar-refractivity contribution in [3.8, 4) is 17.3 Å². The van der Waals surface area contributed by atoms with Gasteiger partial charge in [0, 0.05) is 11.3 Å². The summed E-state index contributed by atoms with van der Waals surface area (Å²) >= 11 is 0. The molecule has 0 atom stereocenters. The normalized spacial score (nSPS) is 11.2. The maximum absolute atomic E-state index is 9.24. The molecule has 0 bridgehead atoms. The van der Waals surface area contributed by atoms with E-state index in [4.69, 9.17) is 0 Å². The number of aromatic nitrogens is 2. The van der Waals surface area contributed by atoms with Crippen LogP contribution in [0.15, 0.2) is 30.3 Å². The highest BCUT2D eigenvalue weighted by Crippen LogP contribution is 2.24. The predicted molar refractivity (Wildman–Crippen MR) is 80.2 cm³/mol. The first kappa shape index (κ1) is 14.2. The molecule has 1 aromatic heterocycles. The summed E-state index contributed by atoms with van der Waals surface area (Å²) in [4.78, 5) is 8.97. The first-order valence-electron chi connectivity index (χ1n) is 6.83. The Kier molecular flexibility index (Phi) is 3.85. The van der Waals surface area contributed by atoms with E-state index in [9.17, 15) is 5.26 Å². The van der Waals surface area contributed by atoms with E-state index >= 15 is 0 Å². The molecule has 0 fully saturated rings. The summed E-state index contributed by atoms with van der Waals surface area (Å²) in [5.41, 5.74) is 3.44. The fraction of sp³-hybridized carbons (Fsp3) is 0.353. The predicted octanol–water partition coefficient (Wildman–Crippen LogP) is 3.82. The largest absolute Gasteiger partial charge is 0.236 e. The summed E-state index contributed by atoms with van der Waals surface area (Å²) < 4.78 is 0. The first-order valence-corrected chi connectivity index (χ1v) is 6.83. The lowest BCUT2D eigenvalue weighted by atomic mass is 9.94. The van der Waals surface area contributed by atoms with Gasteiger partial charge in [0.1, 0.15) is 11.2 Å². The lowest BCUT2D eigenvalue weighted by Crippen LogP contribution is -2.19. The van der Waals surface area contributed by atoms with Gasteiger partial charge in [-0.3, -0.25) is 0 Å². The van der Waals surface area contributed by atoms with E-state index in [1.54, 1.807) is 0 Å².